The minimum Gasteiger partial charge on any atom is -0.333 e. The van der Waals surface area contributed by atoms with E-state index >= 15 is 0 Å². The number of amides is 2. The minimum atomic E-state index is -0.294. The summed E-state index contributed by atoms with van der Waals surface area (Å²) in [5.74, 6) is 0. The van der Waals surface area contributed by atoms with E-state index in [4.69, 9.17) is 11.6 Å². The number of para-hydroxylation sites is 1. The zero-order valence-corrected chi connectivity index (χ0v) is 8.34. The lowest BCUT2D eigenvalue weighted by atomic mass is 10.3. The second-order valence-corrected chi connectivity index (χ2v) is 3.23. The van der Waals surface area contributed by atoms with Crippen LogP contribution in [0.25, 0.3) is 0 Å². The van der Waals surface area contributed by atoms with Crippen molar-refractivity contribution in [2.24, 2.45) is 0 Å². The summed E-state index contributed by atoms with van der Waals surface area (Å²) in [6, 6.07) is 8.87. The Morgan fingerprint density at radius 2 is 2.00 bits per heavy atom. The van der Waals surface area contributed by atoms with Crippen molar-refractivity contribution in [3.05, 3.63) is 41.9 Å². The molecule has 0 bridgehead atoms. The zero-order valence-electron chi connectivity index (χ0n) is 7.59. The van der Waals surface area contributed by atoms with Gasteiger partial charge in [-0.1, -0.05) is 36.4 Å². The highest BCUT2D eigenvalue weighted by molar-refractivity contribution is 6.29. The van der Waals surface area contributed by atoms with E-state index in [1.165, 1.54) is 0 Å². The van der Waals surface area contributed by atoms with Crippen LogP contribution in [0.4, 0.5) is 10.5 Å². The van der Waals surface area contributed by atoms with Crippen LogP contribution in [0.2, 0.25) is 0 Å². The maximum Gasteiger partial charge on any atom is 0.319 e. The van der Waals surface area contributed by atoms with Gasteiger partial charge in [-0.3, -0.25) is 0 Å². The van der Waals surface area contributed by atoms with E-state index in [9.17, 15) is 4.79 Å². The standard InChI is InChI=1S/C10H11ClN2O/c1-8(11)7-12-10(14)13-9-5-3-2-4-6-9/h2-6H,1,7H2,(H2,12,13,14). The Balaban J connectivity index is 2.38. The van der Waals surface area contributed by atoms with Crippen molar-refractivity contribution < 1.29 is 4.79 Å². The van der Waals surface area contributed by atoms with Gasteiger partial charge in [0, 0.05) is 10.7 Å². The summed E-state index contributed by atoms with van der Waals surface area (Å²) in [5, 5.41) is 5.59. The average molecular weight is 211 g/mol. The van der Waals surface area contributed by atoms with Crippen LogP contribution < -0.4 is 10.6 Å². The fraction of sp³-hybridized carbons (Fsp3) is 0.100. The third-order valence-corrected chi connectivity index (χ3v) is 1.61. The molecule has 0 atom stereocenters. The lowest BCUT2D eigenvalue weighted by Crippen LogP contribution is -2.29. The fourth-order valence-corrected chi connectivity index (χ4v) is 0.940. The normalized spacial score (nSPS) is 9.21. The third kappa shape index (κ3) is 3.96. The highest BCUT2D eigenvalue weighted by Gasteiger charge is 1.99. The van der Waals surface area contributed by atoms with Gasteiger partial charge in [0.25, 0.3) is 0 Å². The molecular weight excluding hydrogens is 200 g/mol. The first-order valence-corrected chi connectivity index (χ1v) is 4.49. The number of rotatable bonds is 3. The molecule has 0 aliphatic carbocycles. The van der Waals surface area contributed by atoms with E-state index in [1.807, 2.05) is 18.2 Å². The zero-order chi connectivity index (χ0) is 10.4. The number of hydrogen-bond acceptors (Lipinski definition) is 1. The number of hydrogen-bond donors (Lipinski definition) is 2. The molecule has 0 heterocycles. The topological polar surface area (TPSA) is 41.1 Å². The first kappa shape index (κ1) is 10.6. The molecule has 0 spiro atoms. The van der Waals surface area contributed by atoms with Crippen molar-refractivity contribution in [3.8, 4) is 0 Å². The van der Waals surface area contributed by atoms with Crippen LogP contribution in [0.3, 0.4) is 0 Å². The Labute approximate surface area is 87.8 Å². The Bertz CT molecular complexity index is 324. The molecule has 0 unspecified atom stereocenters. The molecule has 4 heteroatoms. The molecule has 3 nitrogen and oxygen atoms in total. The molecule has 0 radical (unpaired) electrons. The predicted molar refractivity (Wildman–Crippen MR) is 58.5 cm³/mol. The van der Waals surface area contributed by atoms with Crippen LogP contribution >= 0.6 is 11.6 Å². The summed E-state index contributed by atoms with van der Waals surface area (Å²) >= 11 is 5.49. The second-order valence-electron chi connectivity index (χ2n) is 2.69. The van der Waals surface area contributed by atoms with Gasteiger partial charge in [-0.05, 0) is 12.1 Å². The van der Waals surface area contributed by atoms with Crippen LogP contribution in [-0.4, -0.2) is 12.6 Å². The molecule has 1 aromatic rings. The van der Waals surface area contributed by atoms with Crippen molar-refractivity contribution in [3.63, 3.8) is 0 Å². The van der Waals surface area contributed by atoms with Crippen molar-refractivity contribution >= 4 is 23.3 Å². The quantitative estimate of drug-likeness (QED) is 0.791. The molecule has 0 aromatic heterocycles. The number of benzene rings is 1. The van der Waals surface area contributed by atoms with Crippen LogP contribution in [-0.2, 0) is 0 Å². The van der Waals surface area contributed by atoms with Gasteiger partial charge in [0.05, 0.1) is 6.54 Å². The summed E-state index contributed by atoms with van der Waals surface area (Å²) in [7, 11) is 0. The van der Waals surface area contributed by atoms with Gasteiger partial charge in [-0.15, -0.1) is 0 Å². The average Bonchev–Trinajstić information content (AvgIpc) is 2.16. The smallest absolute Gasteiger partial charge is 0.319 e. The molecule has 0 saturated heterocycles. The minimum absolute atomic E-state index is 0.264. The maximum absolute atomic E-state index is 11.2. The van der Waals surface area contributed by atoms with E-state index in [-0.39, 0.29) is 12.6 Å². The Morgan fingerprint density at radius 1 is 1.36 bits per heavy atom. The number of urea groups is 1. The van der Waals surface area contributed by atoms with E-state index < -0.39 is 0 Å². The maximum atomic E-state index is 11.2. The first-order chi connectivity index (χ1) is 6.68. The monoisotopic (exact) mass is 210 g/mol. The summed E-state index contributed by atoms with van der Waals surface area (Å²) in [4.78, 5) is 11.2. The van der Waals surface area contributed by atoms with Crippen molar-refractivity contribution in [1.82, 2.24) is 5.32 Å². The van der Waals surface area contributed by atoms with Gasteiger partial charge in [0.15, 0.2) is 0 Å². The van der Waals surface area contributed by atoms with E-state index in [2.05, 4.69) is 17.2 Å². The van der Waals surface area contributed by atoms with Crippen LogP contribution in [0.5, 0.6) is 0 Å². The molecule has 1 rings (SSSR count). The van der Waals surface area contributed by atoms with Gasteiger partial charge in [0.2, 0.25) is 0 Å². The van der Waals surface area contributed by atoms with E-state index in [0.717, 1.165) is 5.69 Å². The fourth-order valence-electron chi connectivity index (χ4n) is 0.873. The van der Waals surface area contributed by atoms with Gasteiger partial charge >= 0.3 is 6.03 Å². The number of halogens is 1. The van der Waals surface area contributed by atoms with Crippen LogP contribution in [0, 0.1) is 0 Å². The molecule has 0 aliphatic rings. The molecule has 0 fully saturated rings. The lowest BCUT2D eigenvalue weighted by Gasteiger charge is -2.05. The molecular formula is C10H11ClN2O. The predicted octanol–water partition coefficient (Wildman–Crippen LogP) is 2.56. The highest BCUT2D eigenvalue weighted by atomic mass is 35.5. The van der Waals surface area contributed by atoms with Crippen LogP contribution in [0.15, 0.2) is 41.9 Å². The lowest BCUT2D eigenvalue weighted by molar-refractivity contribution is 0.253. The summed E-state index contributed by atoms with van der Waals surface area (Å²) < 4.78 is 0. The van der Waals surface area contributed by atoms with Crippen molar-refractivity contribution in [2.45, 2.75) is 0 Å². The summed E-state index contributed by atoms with van der Waals surface area (Å²) in [6.45, 7) is 3.72. The largest absolute Gasteiger partial charge is 0.333 e. The van der Waals surface area contributed by atoms with Crippen molar-refractivity contribution in [1.29, 1.82) is 0 Å². The molecule has 0 saturated carbocycles. The van der Waals surface area contributed by atoms with E-state index in [0.29, 0.717) is 5.03 Å². The van der Waals surface area contributed by atoms with Crippen molar-refractivity contribution in [2.75, 3.05) is 11.9 Å². The molecule has 2 amide bonds. The number of carbonyl (C=O) groups excluding carboxylic acids is 1. The molecule has 2 N–H and O–H groups in total. The Morgan fingerprint density at radius 3 is 2.57 bits per heavy atom. The Kier molecular flexibility index (Phi) is 4.01. The SMILES string of the molecule is C=C(Cl)CNC(=O)Nc1ccccc1. The number of carbonyl (C=O) groups is 1. The Hall–Kier alpha value is -1.48. The molecule has 1 aromatic carbocycles. The molecule has 0 aliphatic heterocycles. The summed E-state index contributed by atoms with van der Waals surface area (Å²) in [5.41, 5.74) is 0.741. The number of nitrogens with one attached hydrogen (secondary N) is 2. The first-order valence-electron chi connectivity index (χ1n) is 4.11. The second kappa shape index (κ2) is 5.29. The van der Waals surface area contributed by atoms with Gasteiger partial charge in [0.1, 0.15) is 0 Å². The molecule has 74 valence electrons. The van der Waals surface area contributed by atoms with Gasteiger partial charge < -0.3 is 10.6 Å². The van der Waals surface area contributed by atoms with E-state index in [1.54, 1.807) is 12.1 Å². The number of anilines is 1. The highest BCUT2D eigenvalue weighted by Crippen LogP contribution is 2.04. The van der Waals surface area contributed by atoms with Gasteiger partial charge in [-0.2, -0.15) is 0 Å². The third-order valence-electron chi connectivity index (χ3n) is 1.47. The van der Waals surface area contributed by atoms with Gasteiger partial charge in [-0.25, -0.2) is 4.79 Å². The molecule has 14 heavy (non-hydrogen) atoms. The van der Waals surface area contributed by atoms with Crippen LogP contribution in [0.1, 0.15) is 0 Å². The summed E-state index contributed by atoms with van der Waals surface area (Å²) in [6.07, 6.45) is 0.